The SMILES string of the molecule is C/C=C\C(=C/C)C(=O)Nc1ccc(-c2cc(NC(=O)c3cccc(C(F)(F)F)c3)n(C)n2)cc1. The summed E-state index contributed by atoms with van der Waals surface area (Å²) in [6.07, 6.45) is 0.671. The van der Waals surface area contributed by atoms with Gasteiger partial charge in [0.25, 0.3) is 11.8 Å². The lowest BCUT2D eigenvalue weighted by Gasteiger charge is -2.09. The molecule has 0 atom stereocenters. The van der Waals surface area contributed by atoms with Gasteiger partial charge in [0.1, 0.15) is 5.82 Å². The number of allylic oxidation sites excluding steroid dienone is 2. The van der Waals surface area contributed by atoms with Crippen LogP contribution < -0.4 is 10.6 Å². The number of benzene rings is 2. The number of rotatable bonds is 6. The van der Waals surface area contributed by atoms with Crippen molar-refractivity contribution in [2.24, 2.45) is 7.05 Å². The Bertz CT molecular complexity index is 1260. The molecule has 2 aromatic carbocycles. The summed E-state index contributed by atoms with van der Waals surface area (Å²) in [4.78, 5) is 24.8. The molecule has 3 rings (SSSR count). The molecule has 176 valence electrons. The maximum atomic E-state index is 12.9. The van der Waals surface area contributed by atoms with Gasteiger partial charge in [-0.15, -0.1) is 0 Å². The molecule has 9 heteroatoms. The monoisotopic (exact) mass is 468 g/mol. The highest BCUT2D eigenvalue weighted by Gasteiger charge is 2.31. The minimum Gasteiger partial charge on any atom is -0.322 e. The van der Waals surface area contributed by atoms with Gasteiger partial charge in [-0.25, -0.2) is 0 Å². The first-order valence-corrected chi connectivity index (χ1v) is 10.4. The van der Waals surface area contributed by atoms with Gasteiger partial charge in [0, 0.05) is 35.5 Å². The number of aryl methyl sites for hydroxylation is 1. The molecule has 0 aliphatic heterocycles. The summed E-state index contributed by atoms with van der Waals surface area (Å²) in [5, 5.41) is 9.76. The topological polar surface area (TPSA) is 76.0 Å². The van der Waals surface area contributed by atoms with Gasteiger partial charge < -0.3 is 10.6 Å². The number of nitrogens with one attached hydrogen (secondary N) is 2. The predicted molar refractivity (Wildman–Crippen MR) is 125 cm³/mol. The van der Waals surface area contributed by atoms with Crippen LogP contribution in [0.3, 0.4) is 0 Å². The third-order valence-electron chi connectivity index (χ3n) is 4.93. The lowest BCUT2D eigenvalue weighted by atomic mass is 10.1. The Hall–Kier alpha value is -4.14. The van der Waals surface area contributed by atoms with Crippen molar-refractivity contribution in [3.63, 3.8) is 0 Å². The number of hydrogen-bond acceptors (Lipinski definition) is 3. The molecule has 34 heavy (non-hydrogen) atoms. The first-order chi connectivity index (χ1) is 16.1. The summed E-state index contributed by atoms with van der Waals surface area (Å²) in [6, 6.07) is 12.8. The molecule has 0 unspecified atom stereocenters. The summed E-state index contributed by atoms with van der Waals surface area (Å²) in [7, 11) is 1.61. The highest BCUT2D eigenvalue weighted by atomic mass is 19.4. The van der Waals surface area contributed by atoms with E-state index in [0.717, 1.165) is 17.7 Å². The summed E-state index contributed by atoms with van der Waals surface area (Å²) < 4.78 is 40.2. The Kier molecular flexibility index (Phi) is 7.35. The number of anilines is 2. The highest BCUT2D eigenvalue weighted by Crippen LogP contribution is 2.30. The third kappa shape index (κ3) is 5.80. The predicted octanol–water partition coefficient (Wildman–Crippen LogP) is 5.82. The van der Waals surface area contributed by atoms with E-state index in [2.05, 4.69) is 15.7 Å². The van der Waals surface area contributed by atoms with Crippen molar-refractivity contribution >= 4 is 23.3 Å². The van der Waals surface area contributed by atoms with Gasteiger partial charge in [-0.1, -0.05) is 36.4 Å². The smallest absolute Gasteiger partial charge is 0.322 e. The van der Waals surface area contributed by atoms with Crippen molar-refractivity contribution in [1.29, 1.82) is 0 Å². The molecule has 2 amide bonds. The van der Waals surface area contributed by atoms with Gasteiger partial charge in [-0.05, 0) is 44.2 Å². The molecule has 1 heterocycles. The van der Waals surface area contributed by atoms with Crippen molar-refractivity contribution < 1.29 is 22.8 Å². The van der Waals surface area contributed by atoms with Crippen molar-refractivity contribution in [2.45, 2.75) is 20.0 Å². The molecule has 0 aliphatic rings. The van der Waals surface area contributed by atoms with E-state index < -0.39 is 17.6 Å². The summed E-state index contributed by atoms with van der Waals surface area (Å²) in [5.41, 5.74) is 1.40. The van der Waals surface area contributed by atoms with Gasteiger partial charge in [0.2, 0.25) is 0 Å². The molecule has 6 nitrogen and oxygen atoms in total. The van der Waals surface area contributed by atoms with Gasteiger partial charge >= 0.3 is 6.18 Å². The first-order valence-electron chi connectivity index (χ1n) is 10.4. The molecule has 0 saturated heterocycles. The third-order valence-corrected chi connectivity index (χ3v) is 4.93. The Morgan fingerprint density at radius 2 is 1.71 bits per heavy atom. The van der Waals surface area contributed by atoms with Crippen LogP contribution in [0, 0.1) is 0 Å². The van der Waals surface area contributed by atoms with Crippen molar-refractivity contribution in [2.75, 3.05) is 10.6 Å². The Labute approximate surface area is 194 Å². The van der Waals surface area contributed by atoms with Gasteiger partial charge in [0.15, 0.2) is 0 Å². The zero-order valence-corrected chi connectivity index (χ0v) is 18.8. The number of carbonyl (C=O) groups excluding carboxylic acids is 2. The molecule has 2 N–H and O–H groups in total. The molecule has 1 aromatic heterocycles. The summed E-state index contributed by atoms with van der Waals surface area (Å²) in [6.45, 7) is 3.61. The fourth-order valence-electron chi connectivity index (χ4n) is 3.16. The number of nitrogens with zero attached hydrogens (tertiary/aromatic N) is 2. The number of amides is 2. The molecule has 0 spiro atoms. The number of hydrogen-bond donors (Lipinski definition) is 2. The molecule has 0 radical (unpaired) electrons. The van der Waals surface area contributed by atoms with Crippen LogP contribution in [-0.2, 0) is 18.0 Å². The average molecular weight is 468 g/mol. The van der Waals surface area contributed by atoms with E-state index in [1.54, 1.807) is 62.5 Å². The van der Waals surface area contributed by atoms with Crippen molar-refractivity contribution in [1.82, 2.24) is 9.78 Å². The normalized spacial score (nSPS) is 12.1. The highest BCUT2D eigenvalue weighted by molar-refractivity contribution is 6.06. The van der Waals surface area contributed by atoms with E-state index >= 15 is 0 Å². The second-order valence-corrected chi connectivity index (χ2v) is 7.35. The fraction of sp³-hybridized carbons (Fsp3) is 0.160. The average Bonchev–Trinajstić information content (AvgIpc) is 3.17. The zero-order valence-electron chi connectivity index (χ0n) is 18.8. The van der Waals surface area contributed by atoms with Crippen molar-refractivity contribution in [3.8, 4) is 11.3 Å². The minimum atomic E-state index is -4.54. The standard InChI is InChI=1S/C25H23F3N4O2/c1-4-7-16(5-2)23(33)29-20-12-10-17(11-13-20)21-15-22(32(3)31-21)30-24(34)18-8-6-9-19(14-18)25(26,27)28/h4-15H,1-3H3,(H,29,33)(H,30,34)/b7-4-,16-5+. The van der Waals surface area contributed by atoms with Crippen LogP contribution >= 0.6 is 0 Å². The van der Waals surface area contributed by atoms with Crippen LogP contribution in [0.15, 0.2) is 78.4 Å². The van der Waals surface area contributed by atoms with E-state index in [1.807, 2.05) is 6.92 Å². The maximum absolute atomic E-state index is 12.9. The van der Waals surface area contributed by atoms with Gasteiger partial charge in [0.05, 0.1) is 11.3 Å². The number of aromatic nitrogens is 2. The minimum absolute atomic E-state index is 0.115. The van der Waals surface area contributed by atoms with Gasteiger partial charge in [-0.3, -0.25) is 14.3 Å². The van der Waals surface area contributed by atoms with Crippen LogP contribution in [0.5, 0.6) is 0 Å². The molecular weight excluding hydrogens is 445 g/mol. The van der Waals surface area contributed by atoms with E-state index in [1.165, 1.54) is 16.8 Å². The maximum Gasteiger partial charge on any atom is 0.416 e. The van der Waals surface area contributed by atoms with E-state index in [0.29, 0.717) is 22.8 Å². The summed E-state index contributed by atoms with van der Waals surface area (Å²) in [5.74, 6) is -0.593. The fourth-order valence-corrected chi connectivity index (χ4v) is 3.16. The van der Waals surface area contributed by atoms with Crippen LogP contribution in [0.1, 0.15) is 29.8 Å². The molecule has 0 fully saturated rings. The largest absolute Gasteiger partial charge is 0.416 e. The van der Waals surface area contributed by atoms with E-state index in [4.69, 9.17) is 0 Å². The first kappa shape index (κ1) is 24.5. The van der Waals surface area contributed by atoms with Crippen molar-refractivity contribution in [3.05, 3.63) is 89.5 Å². The number of carbonyl (C=O) groups is 2. The molecule has 0 saturated carbocycles. The van der Waals surface area contributed by atoms with Gasteiger partial charge in [-0.2, -0.15) is 18.3 Å². The molecular formula is C25H23F3N4O2. The van der Waals surface area contributed by atoms with E-state index in [-0.39, 0.29) is 11.5 Å². The Morgan fingerprint density at radius 3 is 2.32 bits per heavy atom. The zero-order chi connectivity index (χ0) is 24.9. The molecule has 3 aromatic rings. The molecule has 0 bridgehead atoms. The number of halogens is 3. The van der Waals surface area contributed by atoms with Crippen LogP contribution in [0.2, 0.25) is 0 Å². The lowest BCUT2D eigenvalue weighted by Crippen LogP contribution is -2.15. The summed E-state index contributed by atoms with van der Waals surface area (Å²) >= 11 is 0. The second-order valence-electron chi connectivity index (χ2n) is 7.35. The Morgan fingerprint density at radius 1 is 1.00 bits per heavy atom. The lowest BCUT2D eigenvalue weighted by molar-refractivity contribution is -0.137. The number of alkyl halides is 3. The quantitative estimate of drug-likeness (QED) is 0.354. The second kappa shape index (κ2) is 10.2. The van der Waals surface area contributed by atoms with Crippen LogP contribution in [0.25, 0.3) is 11.3 Å². The van der Waals surface area contributed by atoms with Crippen LogP contribution in [0.4, 0.5) is 24.7 Å². The molecule has 0 aliphatic carbocycles. The van der Waals surface area contributed by atoms with Crippen LogP contribution in [-0.4, -0.2) is 21.6 Å². The Balaban J connectivity index is 1.74. The van der Waals surface area contributed by atoms with E-state index in [9.17, 15) is 22.8 Å².